The Morgan fingerprint density at radius 2 is 2.00 bits per heavy atom. The molecule has 110 valence electrons. The minimum absolute atomic E-state index is 0.0921. The number of nitrogens with one attached hydrogen (secondary N) is 1. The zero-order chi connectivity index (χ0) is 15.1. The molecule has 1 aromatic carbocycles. The number of nitrogens with zero attached hydrogens (tertiary/aromatic N) is 1. The van der Waals surface area contributed by atoms with Gasteiger partial charge in [0.25, 0.3) is 0 Å². The van der Waals surface area contributed by atoms with Crippen LogP contribution in [-0.2, 0) is 13.0 Å². The Morgan fingerprint density at radius 1 is 1.24 bits per heavy atom. The van der Waals surface area contributed by atoms with E-state index >= 15 is 0 Å². The number of nitriles is 1. The predicted octanol–water partition coefficient (Wildman–Crippen LogP) is 3.68. The number of ether oxygens (including phenoxy) is 1. The van der Waals surface area contributed by atoms with Crippen molar-refractivity contribution in [1.82, 2.24) is 5.32 Å². The molecule has 0 aliphatic carbocycles. The molecule has 1 atom stereocenters. The summed E-state index contributed by atoms with van der Waals surface area (Å²) in [6.45, 7) is 5.28. The van der Waals surface area contributed by atoms with Gasteiger partial charge in [-0.3, -0.25) is 0 Å². The van der Waals surface area contributed by atoms with Crippen LogP contribution < -0.4 is 10.1 Å². The third-order valence-corrected chi connectivity index (χ3v) is 4.21. The molecule has 1 aromatic heterocycles. The van der Waals surface area contributed by atoms with Crippen molar-refractivity contribution in [3.8, 4) is 11.8 Å². The predicted molar refractivity (Wildman–Crippen MR) is 86.6 cm³/mol. The van der Waals surface area contributed by atoms with Gasteiger partial charge in [0, 0.05) is 22.3 Å². The number of thiophene rings is 1. The number of hydrogen-bond acceptors (Lipinski definition) is 4. The van der Waals surface area contributed by atoms with E-state index in [2.05, 4.69) is 31.3 Å². The second-order valence-electron chi connectivity index (χ2n) is 5.09. The summed E-state index contributed by atoms with van der Waals surface area (Å²) in [6, 6.07) is 14.7. The van der Waals surface area contributed by atoms with Crippen LogP contribution in [0.5, 0.6) is 5.75 Å². The molecule has 4 heteroatoms. The first-order valence-electron chi connectivity index (χ1n) is 7.05. The third kappa shape index (κ3) is 5.22. The highest BCUT2D eigenvalue weighted by Gasteiger charge is 2.05. The first-order valence-corrected chi connectivity index (χ1v) is 7.86. The molecule has 0 aliphatic rings. The molecule has 2 aromatic rings. The van der Waals surface area contributed by atoms with Gasteiger partial charge >= 0.3 is 0 Å². The quantitative estimate of drug-likeness (QED) is 0.848. The molecule has 1 N–H and O–H groups in total. The van der Waals surface area contributed by atoms with Crippen molar-refractivity contribution in [3.05, 3.63) is 51.7 Å². The lowest BCUT2D eigenvalue weighted by Crippen LogP contribution is -2.27. The molecule has 0 amide bonds. The molecule has 0 aliphatic heterocycles. The summed E-state index contributed by atoms with van der Waals surface area (Å²) >= 11 is 1.86. The van der Waals surface area contributed by atoms with Gasteiger partial charge in [-0.15, -0.1) is 11.3 Å². The average Bonchev–Trinajstić information content (AvgIpc) is 2.89. The van der Waals surface area contributed by atoms with Crippen LogP contribution in [0.4, 0.5) is 0 Å². The Kier molecular flexibility index (Phi) is 5.79. The Balaban J connectivity index is 1.78. The zero-order valence-electron chi connectivity index (χ0n) is 12.4. The lowest BCUT2D eigenvalue weighted by atomic mass is 10.1. The van der Waals surface area contributed by atoms with E-state index in [-0.39, 0.29) is 6.61 Å². The molecule has 1 unspecified atom stereocenters. The Hall–Kier alpha value is -1.83. The van der Waals surface area contributed by atoms with Gasteiger partial charge in [-0.2, -0.15) is 5.26 Å². The number of aryl methyl sites for hydroxylation is 1. The van der Waals surface area contributed by atoms with E-state index < -0.39 is 0 Å². The molecule has 0 spiro atoms. The Morgan fingerprint density at radius 3 is 2.62 bits per heavy atom. The van der Waals surface area contributed by atoms with Crippen molar-refractivity contribution in [2.45, 2.75) is 32.9 Å². The number of rotatable bonds is 7. The SMILES string of the molecule is Cc1ccc(CC(C)NCc2ccc(OCC#N)cc2)s1. The second-order valence-corrected chi connectivity index (χ2v) is 6.46. The summed E-state index contributed by atoms with van der Waals surface area (Å²) in [7, 11) is 0. The fourth-order valence-corrected chi connectivity index (χ4v) is 3.10. The smallest absolute Gasteiger partial charge is 0.174 e. The molecule has 0 saturated heterocycles. The van der Waals surface area contributed by atoms with E-state index in [4.69, 9.17) is 10.00 Å². The highest BCUT2D eigenvalue weighted by molar-refractivity contribution is 7.11. The number of benzene rings is 1. The topological polar surface area (TPSA) is 45.0 Å². The summed E-state index contributed by atoms with van der Waals surface area (Å²) in [5, 5.41) is 12.0. The van der Waals surface area contributed by atoms with E-state index in [1.54, 1.807) is 0 Å². The van der Waals surface area contributed by atoms with Gasteiger partial charge in [-0.25, -0.2) is 0 Å². The maximum atomic E-state index is 8.47. The minimum Gasteiger partial charge on any atom is -0.479 e. The fourth-order valence-electron chi connectivity index (χ4n) is 2.08. The molecular formula is C17H20N2OS. The van der Waals surface area contributed by atoms with Crippen molar-refractivity contribution >= 4 is 11.3 Å². The van der Waals surface area contributed by atoms with Crippen molar-refractivity contribution in [2.24, 2.45) is 0 Å². The van der Waals surface area contributed by atoms with E-state index in [0.717, 1.165) is 18.7 Å². The van der Waals surface area contributed by atoms with Gasteiger partial charge in [-0.1, -0.05) is 12.1 Å². The summed E-state index contributed by atoms with van der Waals surface area (Å²) < 4.78 is 5.24. The van der Waals surface area contributed by atoms with Gasteiger partial charge in [-0.05, 0) is 50.1 Å². The van der Waals surface area contributed by atoms with E-state index in [9.17, 15) is 0 Å². The maximum Gasteiger partial charge on any atom is 0.174 e. The minimum atomic E-state index is 0.0921. The van der Waals surface area contributed by atoms with Crippen molar-refractivity contribution in [3.63, 3.8) is 0 Å². The highest BCUT2D eigenvalue weighted by Crippen LogP contribution is 2.17. The summed E-state index contributed by atoms with van der Waals surface area (Å²) in [6.07, 6.45) is 1.06. The van der Waals surface area contributed by atoms with Crippen molar-refractivity contribution in [2.75, 3.05) is 6.61 Å². The van der Waals surface area contributed by atoms with Crippen LogP contribution in [0.15, 0.2) is 36.4 Å². The van der Waals surface area contributed by atoms with Gasteiger partial charge < -0.3 is 10.1 Å². The van der Waals surface area contributed by atoms with Crippen LogP contribution in [0.25, 0.3) is 0 Å². The molecule has 0 fully saturated rings. The monoisotopic (exact) mass is 300 g/mol. The molecular weight excluding hydrogens is 280 g/mol. The molecule has 1 heterocycles. The van der Waals surface area contributed by atoms with Crippen molar-refractivity contribution < 1.29 is 4.74 Å². The largest absolute Gasteiger partial charge is 0.479 e. The maximum absolute atomic E-state index is 8.47. The van der Waals surface area contributed by atoms with Crippen molar-refractivity contribution in [1.29, 1.82) is 5.26 Å². The normalized spacial score (nSPS) is 11.9. The highest BCUT2D eigenvalue weighted by atomic mass is 32.1. The van der Waals surface area contributed by atoms with Crippen LogP contribution in [-0.4, -0.2) is 12.6 Å². The Bertz CT molecular complexity index is 598. The zero-order valence-corrected chi connectivity index (χ0v) is 13.2. The van der Waals surface area contributed by atoms with Gasteiger partial charge in [0.2, 0.25) is 0 Å². The number of hydrogen-bond donors (Lipinski definition) is 1. The van der Waals surface area contributed by atoms with E-state index in [1.807, 2.05) is 41.7 Å². The molecule has 21 heavy (non-hydrogen) atoms. The second kappa shape index (κ2) is 7.82. The van der Waals surface area contributed by atoms with Gasteiger partial charge in [0.05, 0.1) is 0 Å². The van der Waals surface area contributed by atoms with Gasteiger partial charge in [0.1, 0.15) is 11.8 Å². The van der Waals surface area contributed by atoms with E-state index in [1.165, 1.54) is 15.3 Å². The fraction of sp³-hybridized carbons (Fsp3) is 0.353. The van der Waals surface area contributed by atoms with Crippen LogP contribution in [0, 0.1) is 18.3 Å². The van der Waals surface area contributed by atoms with E-state index in [0.29, 0.717) is 6.04 Å². The molecule has 3 nitrogen and oxygen atoms in total. The Labute approximate surface area is 130 Å². The summed E-state index contributed by atoms with van der Waals surface area (Å²) in [4.78, 5) is 2.79. The molecule has 0 bridgehead atoms. The molecule has 2 rings (SSSR count). The van der Waals surface area contributed by atoms with Crippen LogP contribution >= 0.6 is 11.3 Å². The lowest BCUT2D eigenvalue weighted by molar-refractivity contribution is 0.368. The third-order valence-electron chi connectivity index (χ3n) is 3.18. The first kappa shape index (κ1) is 15.6. The first-order chi connectivity index (χ1) is 10.2. The average molecular weight is 300 g/mol. The molecule has 0 saturated carbocycles. The van der Waals surface area contributed by atoms with Gasteiger partial charge in [0.15, 0.2) is 6.61 Å². The standard InChI is InChI=1S/C17H20N2OS/c1-13(11-17-8-3-14(2)21-17)19-12-15-4-6-16(7-5-15)20-10-9-18/h3-8,13,19H,10-12H2,1-2H3. The van der Waals surface area contributed by atoms with Crippen LogP contribution in [0.3, 0.4) is 0 Å². The summed E-state index contributed by atoms with van der Waals surface area (Å²) in [5.74, 6) is 0.738. The van der Waals surface area contributed by atoms with Crippen LogP contribution in [0.1, 0.15) is 22.2 Å². The summed E-state index contributed by atoms with van der Waals surface area (Å²) in [5.41, 5.74) is 1.22. The van der Waals surface area contributed by atoms with Crippen LogP contribution in [0.2, 0.25) is 0 Å². The molecule has 0 radical (unpaired) electrons. The lowest BCUT2D eigenvalue weighted by Gasteiger charge is -2.13.